The molecule has 0 fully saturated rings. The van der Waals surface area contributed by atoms with Gasteiger partial charge in [-0.1, -0.05) is 18.2 Å². The topological polar surface area (TPSA) is 52.7 Å². The highest BCUT2D eigenvalue weighted by Gasteiger charge is 2.29. The highest BCUT2D eigenvalue weighted by molar-refractivity contribution is 6.23. The first-order valence-electron chi connectivity index (χ1n) is 5.34. The zero-order valence-corrected chi connectivity index (χ0v) is 9.35. The number of fused-ring (bicyclic) bond motifs is 1. The molecule has 1 aromatic carbocycles. The Morgan fingerprint density at radius 1 is 1.06 bits per heavy atom. The Morgan fingerprint density at radius 3 is 2.71 bits per heavy atom. The Kier molecular flexibility index (Phi) is 2.29. The van der Waals surface area contributed by atoms with Crippen LogP contribution >= 0.6 is 0 Å². The second kappa shape index (κ2) is 3.93. The molecule has 0 amide bonds. The molecular weight excluding hydrogens is 214 g/mol. The van der Waals surface area contributed by atoms with Gasteiger partial charge in [-0.05, 0) is 12.1 Å². The van der Waals surface area contributed by atoms with Gasteiger partial charge in [-0.3, -0.25) is 4.99 Å². The van der Waals surface area contributed by atoms with Gasteiger partial charge in [0.1, 0.15) is 18.5 Å². The molecule has 0 spiro atoms. The van der Waals surface area contributed by atoms with Gasteiger partial charge in [0.15, 0.2) is 11.9 Å². The van der Waals surface area contributed by atoms with E-state index in [2.05, 4.69) is 20.0 Å². The molecule has 2 aliphatic heterocycles. The summed E-state index contributed by atoms with van der Waals surface area (Å²) in [5, 5.41) is 0. The predicted molar refractivity (Wildman–Crippen MR) is 70.5 cm³/mol. The quantitative estimate of drug-likeness (QED) is 0.712. The van der Waals surface area contributed by atoms with Crippen molar-refractivity contribution < 1.29 is 0 Å². The largest absolute Gasteiger partial charge is 0.331 e. The maximum Gasteiger partial charge on any atom is 0.169 e. The Labute approximate surface area is 99.0 Å². The Balaban J connectivity index is 1.95. The molecule has 0 aliphatic carbocycles. The molecule has 0 saturated heterocycles. The van der Waals surface area contributed by atoms with Crippen LogP contribution in [0.1, 0.15) is 0 Å². The van der Waals surface area contributed by atoms with Crippen molar-refractivity contribution in [2.45, 2.75) is 6.04 Å². The molecule has 0 N–H and O–H groups in total. The average molecular weight is 225 g/mol. The lowest BCUT2D eigenvalue weighted by molar-refractivity contribution is 1.07. The van der Waals surface area contributed by atoms with E-state index in [0.717, 1.165) is 11.5 Å². The van der Waals surface area contributed by atoms with E-state index in [-0.39, 0.29) is 6.04 Å². The molecular formula is C12H11N5. The summed E-state index contributed by atoms with van der Waals surface area (Å²) in [7, 11) is 1.97. The van der Waals surface area contributed by atoms with Crippen molar-refractivity contribution in [1.82, 2.24) is 0 Å². The number of para-hydroxylation sites is 1. The second-order valence-corrected chi connectivity index (χ2v) is 3.78. The summed E-state index contributed by atoms with van der Waals surface area (Å²) in [6.45, 7) is 0. The van der Waals surface area contributed by atoms with E-state index in [1.807, 2.05) is 42.3 Å². The summed E-state index contributed by atoms with van der Waals surface area (Å²) >= 11 is 0. The number of nitrogens with zero attached hydrogens (tertiary/aromatic N) is 5. The second-order valence-electron chi connectivity index (χ2n) is 3.78. The number of aliphatic imine (C=N–C) groups is 4. The maximum absolute atomic E-state index is 4.30. The molecule has 3 rings (SSSR count). The van der Waals surface area contributed by atoms with Gasteiger partial charge in [-0.2, -0.15) is 0 Å². The third kappa shape index (κ3) is 1.65. The molecule has 84 valence electrons. The van der Waals surface area contributed by atoms with Gasteiger partial charge in [0.25, 0.3) is 0 Å². The molecule has 2 aliphatic rings. The number of hydrogen-bond donors (Lipinski definition) is 0. The molecule has 5 heteroatoms. The molecule has 1 unspecified atom stereocenters. The first kappa shape index (κ1) is 9.89. The first-order valence-corrected chi connectivity index (χ1v) is 5.34. The maximum atomic E-state index is 4.30. The molecule has 1 aromatic rings. The number of benzene rings is 1. The van der Waals surface area contributed by atoms with E-state index in [1.165, 1.54) is 12.7 Å². The third-order valence-corrected chi connectivity index (χ3v) is 2.76. The molecule has 2 heterocycles. The van der Waals surface area contributed by atoms with Crippen molar-refractivity contribution >= 4 is 30.0 Å². The minimum Gasteiger partial charge on any atom is -0.331 e. The highest BCUT2D eigenvalue weighted by atomic mass is 15.2. The van der Waals surface area contributed by atoms with Crippen LogP contribution in [0.15, 0.2) is 50.3 Å². The standard InChI is InChI=1S/C12H11N5/c1-17(9-5-3-2-4-6-9)12-10-11(14-7-13-10)15-8-16-12/h2-8,10H,1H3. The lowest BCUT2D eigenvalue weighted by Crippen LogP contribution is -2.40. The van der Waals surface area contributed by atoms with Gasteiger partial charge in [0.05, 0.1) is 0 Å². The zero-order chi connectivity index (χ0) is 11.7. The fourth-order valence-electron chi connectivity index (χ4n) is 1.85. The van der Waals surface area contributed by atoms with Crippen molar-refractivity contribution in [3.05, 3.63) is 30.3 Å². The highest BCUT2D eigenvalue weighted by Crippen LogP contribution is 2.17. The first-order chi connectivity index (χ1) is 8.36. The van der Waals surface area contributed by atoms with Crippen LogP contribution in [0, 0.1) is 0 Å². The summed E-state index contributed by atoms with van der Waals surface area (Å²) < 4.78 is 0. The van der Waals surface area contributed by atoms with Gasteiger partial charge in [-0.15, -0.1) is 0 Å². The minimum atomic E-state index is -0.162. The van der Waals surface area contributed by atoms with Gasteiger partial charge >= 0.3 is 0 Å². The minimum absolute atomic E-state index is 0.162. The van der Waals surface area contributed by atoms with Gasteiger partial charge < -0.3 is 4.90 Å². The Hall–Kier alpha value is -2.30. The Bertz CT molecular complexity index is 541. The van der Waals surface area contributed by atoms with Crippen molar-refractivity contribution in [3.63, 3.8) is 0 Å². The summed E-state index contributed by atoms with van der Waals surface area (Å²) in [6, 6.07) is 9.88. The summed E-state index contributed by atoms with van der Waals surface area (Å²) in [5.74, 6) is 1.55. The number of hydrogen-bond acceptors (Lipinski definition) is 5. The Morgan fingerprint density at radius 2 is 1.88 bits per heavy atom. The smallest absolute Gasteiger partial charge is 0.169 e. The number of anilines is 1. The summed E-state index contributed by atoms with van der Waals surface area (Å²) in [6.07, 6.45) is 3.07. The van der Waals surface area contributed by atoms with Gasteiger partial charge in [-0.25, -0.2) is 15.0 Å². The SMILES string of the molecule is CN(C1=NC=NC2=NC=NC21)c1ccccc1. The number of likely N-dealkylation sites (N-methyl/N-ethyl adjacent to an activating group) is 1. The van der Waals surface area contributed by atoms with Gasteiger partial charge in [0, 0.05) is 12.7 Å². The van der Waals surface area contributed by atoms with Crippen LogP contribution in [0.5, 0.6) is 0 Å². The number of amidine groups is 2. The fourth-order valence-corrected chi connectivity index (χ4v) is 1.85. The zero-order valence-electron chi connectivity index (χ0n) is 9.35. The van der Waals surface area contributed by atoms with Crippen LogP contribution in [0.2, 0.25) is 0 Å². The van der Waals surface area contributed by atoms with E-state index in [9.17, 15) is 0 Å². The lowest BCUT2D eigenvalue weighted by Gasteiger charge is -2.25. The van der Waals surface area contributed by atoms with Crippen LogP contribution in [-0.4, -0.2) is 37.4 Å². The van der Waals surface area contributed by atoms with Crippen molar-refractivity contribution in [2.24, 2.45) is 20.0 Å². The monoisotopic (exact) mass is 225 g/mol. The van der Waals surface area contributed by atoms with Crippen molar-refractivity contribution in [3.8, 4) is 0 Å². The van der Waals surface area contributed by atoms with Crippen LogP contribution < -0.4 is 4.90 Å². The lowest BCUT2D eigenvalue weighted by atomic mass is 10.2. The molecule has 0 aromatic heterocycles. The normalized spacial score (nSPS) is 20.9. The molecule has 0 saturated carbocycles. The van der Waals surface area contributed by atoms with E-state index in [1.54, 1.807) is 0 Å². The van der Waals surface area contributed by atoms with Crippen LogP contribution in [0.25, 0.3) is 0 Å². The van der Waals surface area contributed by atoms with Crippen molar-refractivity contribution in [1.29, 1.82) is 0 Å². The van der Waals surface area contributed by atoms with E-state index >= 15 is 0 Å². The molecule has 1 atom stereocenters. The number of rotatable bonds is 1. The van der Waals surface area contributed by atoms with Crippen LogP contribution in [-0.2, 0) is 0 Å². The third-order valence-electron chi connectivity index (χ3n) is 2.76. The average Bonchev–Trinajstić information content (AvgIpc) is 2.87. The molecule has 0 radical (unpaired) electrons. The predicted octanol–water partition coefficient (Wildman–Crippen LogP) is 1.37. The van der Waals surface area contributed by atoms with E-state index in [0.29, 0.717) is 5.84 Å². The summed E-state index contributed by atoms with van der Waals surface area (Å²) in [4.78, 5) is 18.8. The molecule has 0 bridgehead atoms. The van der Waals surface area contributed by atoms with Crippen LogP contribution in [0.3, 0.4) is 0 Å². The summed E-state index contributed by atoms with van der Waals surface area (Å²) in [5.41, 5.74) is 1.07. The van der Waals surface area contributed by atoms with Gasteiger partial charge in [0.2, 0.25) is 0 Å². The fraction of sp³-hybridized carbons (Fsp3) is 0.167. The van der Waals surface area contributed by atoms with Crippen molar-refractivity contribution in [2.75, 3.05) is 11.9 Å². The van der Waals surface area contributed by atoms with Crippen LogP contribution in [0.4, 0.5) is 5.69 Å². The molecule has 5 nitrogen and oxygen atoms in total. The van der Waals surface area contributed by atoms with E-state index < -0.39 is 0 Å². The van der Waals surface area contributed by atoms with E-state index in [4.69, 9.17) is 0 Å². The molecule has 17 heavy (non-hydrogen) atoms.